The Morgan fingerprint density at radius 3 is 2.65 bits per heavy atom. The molecule has 1 unspecified atom stereocenters. The molecular weight excluding hydrogens is 254 g/mol. The lowest BCUT2D eigenvalue weighted by molar-refractivity contribution is -0.139. The Morgan fingerprint density at radius 2 is 2.05 bits per heavy atom. The average Bonchev–Trinajstić information content (AvgIpc) is 2.47. The van der Waals surface area contributed by atoms with Gasteiger partial charge in [-0.15, -0.1) is 6.58 Å². The minimum atomic E-state index is -0.915. The number of fused-ring (bicyclic) bond motifs is 1. The van der Waals surface area contributed by atoms with E-state index in [1.807, 2.05) is 24.3 Å². The molecule has 0 bridgehead atoms. The van der Waals surface area contributed by atoms with Crippen molar-refractivity contribution in [3.63, 3.8) is 0 Å². The number of nitrogens with one attached hydrogen (secondary N) is 1. The maximum atomic E-state index is 11.5. The van der Waals surface area contributed by atoms with Gasteiger partial charge in [-0.2, -0.15) is 0 Å². The summed E-state index contributed by atoms with van der Waals surface area (Å²) in [7, 11) is 1.60. The molecule has 0 aliphatic heterocycles. The molecule has 0 spiro atoms. The van der Waals surface area contributed by atoms with E-state index in [4.69, 9.17) is 4.74 Å². The van der Waals surface area contributed by atoms with Crippen molar-refractivity contribution in [1.29, 1.82) is 0 Å². The third-order valence-electron chi connectivity index (χ3n) is 3.16. The molecule has 20 heavy (non-hydrogen) atoms. The third kappa shape index (κ3) is 2.65. The lowest BCUT2D eigenvalue weighted by Crippen LogP contribution is -2.28. The summed E-state index contributed by atoms with van der Waals surface area (Å²) in [6, 6.07) is 10.4. The lowest BCUT2D eigenvalue weighted by Gasteiger charge is -2.17. The Labute approximate surface area is 117 Å². The van der Waals surface area contributed by atoms with E-state index in [2.05, 4.69) is 11.9 Å². The number of carboxylic acid groups (broad SMARTS) is 1. The van der Waals surface area contributed by atoms with Gasteiger partial charge in [-0.3, -0.25) is 10.1 Å². The average molecular weight is 271 g/mol. The van der Waals surface area contributed by atoms with Gasteiger partial charge < -0.3 is 9.84 Å². The van der Waals surface area contributed by atoms with Crippen molar-refractivity contribution in [3.8, 4) is 5.75 Å². The van der Waals surface area contributed by atoms with E-state index >= 15 is 0 Å². The quantitative estimate of drug-likeness (QED) is 0.793. The molecule has 0 saturated carbocycles. The highest BCUT2D eigenvalue weighted by atomic mass is 16.5. The number of ether oxygens (including phenoxy) is 1. The zero-order valence-electron chi connectivity index (χ0n) is 11.3. The highest BCUT2D eigenvalue weighted by molar-refractivity contribution is 5.94. The molecule has 2 aromatic carbocycles. The van der Waals surface area contributed by atoms with Crippen molar-refractivity contribution in [2.24, 2.45) is 0 Å². The van der Waals surface area contributed by atoms with Gasteiger partial charge in [-0.05, 0) is 17.0 Å². The fourth-order valence-corrected chi connectivity index (χ4v) is 2.26. The molecule has 2 rings (SSSR count). The van der Waals surface area contributed by atoms with Crippen LogP contribution in [0.3, 0.4) is 0 Å². The summed E-state index contributed by atoms with van der Waals surface area (Å²) < 4.78 is 5.32. The number of methoxy groups -OCH3 is 1. The predicted molar refractivity (Wildman–Crippen MR) is 79.1 cm³/mol. The molecule has 0 fully saturated rings. The molecule has 2 aromatic rings. The van der Waals surface area contributed by atoms with E-state index in [9.17, 15) is 9.90 Å². The van der Waals surface area contributed by atoms with Gasteiger partial charge in [0, 0.05) is 11.9 Å². The highest BCUT2D eigenvalue weighted by Gasteiger charge is 2.21. The first-order valence-electron chi connectivity index (χ1n) is 6.31. The molecule has 0 radical (unpaired) electrons. The van der Waals surface area contributed by atoms with Gasteiger partial charge in [0.05, 0.1) is 7.11 Å². The molecule has 0 aromatic heterocycles. The van der Waals surface area contributed by atoms with Crippen LogP contribution in [0.2, 0.25) is 0 Å². The molecule has 104 valence electrons. The zero-order valence-corrected chi connectivity index (χ0v) is 11.3. The SMILES string of the molecule is C=CCNC(C(=O)O)c1ccc(OC)c2ccccc12. The summed E-state index contributed by atoms with van der Waals surface area (Å²) in [4.78, 5) is 11.5. The van der Waals surface area contributed by atoms with E-state index in [0.29, 0.717) is 6.54 Å². The predicted octanol–water partition coefficient (Wildman–Crippen LogP) is 2.75. The summed E-state index contributed by atoms with van der Waals surface area (Å²) in [5.74, 6) is -0.181. The second kappa shape index (κ2) is 6.21. The summed E-state index contributed by atoms with van der Waals surface area (Å²) >= 11 is 0. The molecule has 0 aliphatic rings. The highest BCUT2D eigenvalue weighted by Crippen LogP contribution is 2.31. The van der Waals surface area contributed by atoms with E-state index in [-0.39, 0.29) is 0 Å². The lowest BCUT2D eigenvalue weighted by atomic mass is 9.98. The van der Waals surface area contributed by atoms with Crippen molar-refractivity contribution < 1.29 is 14.6 Å². The van der Waals surface area contributed by atoms with E-state index in [0.717, 1.165) is 22.1 Å². The topological polar surface area (TPSA) is 58.6 Å². The van der Waals surface area contributed by atoms with Crippen molar-refractivity contribution in [2.75, 3.05) is 13.7 Å². The Kier molecular flexibility index (Phi) is 4.38. The first kappa shape index (κ1) is 14.1. The Hall–Kier alpha value is -2.33. The van der Waals surface area contributed by atoms with E-state index in [1.54, 1.807) is 25.3 Å². The molecule has 1 atom stereocenters. The smallest absolute Gasteiger partial charge is 0.325 e. The zero-order chi connectivity index (χ0) is 14.5. The number of hydrogen-bond acceptors (Lipinski definition) is 3. The van der Waals surface area contributed by atoms with Gasteiger partial charge in [0.2, 0.25) is 0 Å². The van der Waals surface area contributed by atoms with E-state index in [1.165, 1.54) is 0 Å². The van der Waals surface area contributed by atoms with Crippen LogP contribution in [0.4, 0.5) is 0 Å². The van der Waals surface area contributed by atoms with Crippen LogP contribution in [-0.4, -0.2) is 24.7 Å². The first-order valence-corrected chi connectivity index (χ1v) is 6.31. The molecular formula is C16H17NO3. The van der Waals surface area contributed by atoms with Gasteiger partial charge in [0.1, 0.15) is 11.8 Å². The number of aliphatic carboxylic acids is 1. The van der Waals surface area contributed by atoms with Crippen LogP contribution in [0.1, 0.15) is 11.6 Å². The molecule has 0 saturated heterocycles. The van der Waals surface area contributed by atoms with Crippen LogP contribution in [-0.2, 0) is 4.79 Å². The van der Waals surface area contributed by atoms with Crippen molar-refractivity contribution in [3.05, 3.63) is 54.6 Å². The Balaban J connectivity index is 2.58. The van der Waals surface area contributed by atoms with Crippen molar-refractivity contribution in [1.82, 2.24) is 5.32 Å². The maximum absolute atomic E-state index is 11.5. The minimum absolute atomic E-state index is 0.428. The number of hydrogen-bond donors (Lipinski definition) is 2. The second-order valence-electron chi connectivity index (χ2n) is 4.37. The molecule has 0 heterocycles. The van der Waals surface area contributed by atoms with Gasteiger partial charge in [0.25, 0.3) is 0 Å². The minimum Gasteiger partial charge on any atom is -0.496 e. The van der Waals surface area contributed by atoms with Crippen LogP contribution in [0.5, 0.6) is 5.75 Å². The van der Waals surface area contributed by atoms with Crippen molar-refractivity contribution >= 4 is 16.7 Å². The van der Waals surface area contributed by atoms with Crippen LogP contribution >= 0.6 is 0 Å². The summed E-state index contributed by atoms with van der Waals surface area (Å²) in [5, 5.41) is 14.1. The number of carbonyl (C=O) groups is 1. The van der Waals surface area contributed by atoms with Crippen LogP contribution in [0.25, 0.3) is 10.8 Å². The fourth-order valence-electron chi connectivity index (χ4n) is 2.26. The molecule has 2 N–H and O–H groups in total. The van der Waals surface area contributed by atoms with Gasteiger partial charge in [-0.1, -0.05) is 36.4 Å². The summed E-state index contributed by atoms with van der Waals surface area (Å²) in [6.07, 6.45) is 1.64. The standard InChI is InChI=1S/C16H17NO3/c1-3-10-17-15(16(18)19)13-8-9-14(20-2)12-7-5-4-6-11(12)13/h3-9,15,17H,1,10H2,2H3,(H,18,19). The normalized spacial score (nSPS) is 12.1. The van der Waals surface area contributed by atoms with Gasteiger partial charge in [0.15, 0.2) is 0 Å². The maximum Gasteiger partial charge on any atom is 0.325 e. The van der Waals surface area contributed by atoms with Gasteiger partial charge in [-0.25, -0.2) is 0 Å². The van der Waals surface area contributed by atoms with Gasteiger partial charge >= 0.3 is 5.97 Å². The fraction of sp³-hybridized carbons (Fsp3) is 0.188. The number of rotatable bonds is 6. The molecule has 0 amide bonds. The first-order chi connectivity index (χ1) is 9.69. The summed E-state index contributed by atoms with van der Waals surface area (Å²) in [5.41, 5.74) is 0.718. The van der Waals surface area contributed by atoms with Crippen LogP contribution in [0.15, 0.2) is 49.1 Å². The molecule has 4 heteroatoms. The summed E-state index contributed by atoms with van der Waals surface area (Å²) in [6.45, 7) is 4.03. The Bertz CT molecular complexity index is 637. The number of benzene rings is 2. The molecule has 0 aliphatic carbocycles. The second-order valence-corrected chi connectivity index (χ2v) is 4.37. The number of carboxylic acids is 1. The van der Waals surface area contributed by atoms with Crippen molar-refractivity contribution in [2.45, 2.75) is 6.04 Å². The third-order valence-corrected chi connectivity index (χ3v) is 3.16. The van der Waals surface area contributed by atoms with Crippen LogP contribution < -0.4 is 10.1 Å². The monoisotopic (exact) mass is 271 g/mol. The largest absolute Gasteiger partial charge is 0.496 e. The molecule has 4 nitrogen and oxygen atoms in total. The van der Waals surface area contributed by atoms with Crippen LogP contribution in [0, 0.1) is 0 Å². The Morgan fingerprint density at radius 1 is 1.35 bits per heavy atom. The van der Waals surface area contributed by atoms with E-state index < -0.39 is 12.0 Å².